The lowest BCUT2D eigenvalue weighted by molar-refractivity contribution is 0.0525. The molecule has 0 unspecified atom stereocenters. The van der Waals surface area contributed by atoms with Crippen LogP contribution in [0.5, 0.6) is 0 Å². The molecular formula is C11H14Cl2N2O2. The lowest BCUT2D eigenvalue weighted by Gasteiger charge is -2.18. The molecule has 94 valence electrons. The molecule has 0 aromatic carbocycles. The van der Waals surface area contributed by atoms with Gasteiger partial charge in [0.15, 0.2) is 5.15 Å². The van der Waals surface area contributed by atoms with E-state index in [1.165, 1.54) is 0 Å². The van der Waals surface area contributed by atoms with Crippen molar-refractivity contribution in [3.8, 4) is 0 Å². The fraction of sp³-hybridized carbons (Fsp3) is 0.455. The van der Waals surface area contributed by atoms with Gasteiger partial charge in [-0.15, -0.1) is 0 Å². The van der Waals surface area contributed by atoms with Crippen LogP contribution in [0.3, 0.4) is 0 Å². The molecule has 0 saturated carbocycles. The zero-order chi connectivity index (χ0) is 13.2. The Bertz CT molecular complexity index is 448. The molecule has 1 heterocycles. The van der Waals surface area contributed by atoms with Gasteiger partial charge in [-0.25, -0.2) is 9.78 Å². The quantitative estimate of drug-likeness (QED) is 0.629. The van der Waals surface area contributed by atoms with Crippen LogP contribution in [0.15, 0.2) is 0 Å². The predicted octanol–water partition coefficient (Wildman–Crippen LogP) is 2.94. The smallest absolute Gasteiger partial charge is 0.341 e. The van der Waals surface area contributed by atoms with Gasteiger partial charge in [-0.2, -0.15) is 0 Å². The number of hydrogen-bond acceptors (Lipinski definition) is 4. The third-order valence-electron chi connectivity index (χ3n) is 2.18. The van der Waals surface area contributed by atoms with Crippen LogP contribution in [0.4, 0.5) is 5.69 Å². The van der Waals surface area contributed by atoms with Gasteiger partial charge in [0.25, 0.3) is 0 Å². The number of aryl methyl sites for hydroxylation is 1. The van der Waals surface area contributed by atoms with Crippen LogP contribution in [0.25, 0.3) is 0 Å². The van der Waals surface area contributed by atoms with Crippen LogP contribution in [-0.4, -0.2) is 31.7 Å². The van der Waals surface area contributed by atoms with Gasteiger partial charge in [0.2, 0.25) is 0 Å². The minimum Gasteiger partial charge on any atom is -0.462 e. The van der Waals surface area contributed by atoms with Gasteiger partial charge < -0.3 is 9.64 Å². The summed E-state index contributed by atoms with van der Waals surface area (Å²) in [6, 6.07) is 0. The Morgan fingerprint density at radius 1 is 1.41 bits per heavy atom. The first-order valence-corrected chi connectivity index (χ1v) is 5.85. The molecule has 0 aliphatic carbocycles. The first kappa shape index (κ1) is 14.1. The van der Waals surface area contributed by atoms with E-state index in [4.69, 9.17) is 27.9 Å². The minimum absolute atomic E-state index is 0.265. The zero-order valence-electron chi connectivity index (χ0n) is 10.2. The lowest BCUT2D eigenvalue weighted by atomic mass is 10.2. The number of pyridine rings is 1. The summed E-state index contributed by atoms with van der Waals surface area (Å²) < 4.78 is 4.94. The third-order valence-corrected chi connectivity index (χ3v) is 2.81. The van der Waals surface area contributed by atoms with Gasteiger partial charge >= 0.3 is 5.97 Å². The monoisotopic (exact) mass is 276 g/mol. The van der Waals surface area contributed by atoms with Crippen molar-refractivity contribution in [3.63, 3.8) is 0 Å². The number of halogens is 2. The van der Waals surface area contributed by atoms with E-state index in [0.717, 1.165) is 0 Å². The highest BCUT2D eigenvalue weighted by molar-refractivity contribution is 6.40. The van der Waals surface area contributed by atoms with Crippen LogP contribution >= 0.6 is 23.2 Å². The Hall–Kier alpha value is -1.00. The van der Waals surface area contributed by atoms with E-state index in [0.29, 0.717) is 11.4 Å². The lowest BCUT2D eigenvalue weighted by Crippen LogP contribution is -2.15. The molecule has 0 radical (unpaired) electrons. The molecule has 0 bridgehead atoms. The molecule has 17 heavy (non-hydrogen) atoms. The zero-order valence-corrected chi connectivity index (χ0v) is 11.7. The summed E-state index contributed by atoms with van der Waals surface area (Å²) in [6.45, 7) is 3.69. The molecule has 1 aromatic heterocycles. The Kier molecular flexibility index (Phi) is 4.60. The Balaban J connectivity index is 3.40. The molecule has 4 nitrogen and oxygen atoms in total. The van der Waals surface area contributed by atoms with Gasteiger partial charge in [0.05, 0.1) is 23.0 Å². The van der Waals surface area contributed by atoms with E-state index in [-0.39, 0.29) is 22.3 Å². The SMILES string of the molecule is CCOC(=O)c1c(C)nc(Cl)c(N(C)C)c1Cl. The number of anilines is 1. The fourth-order valence-corrected chi connectivity index (χ4v) is 2.36. The Morgan fingerprint density at radius 2 is 2.00 bits per heavy atom. The molecule has 0 spiro atoms. The van der Waals surface area contributed by atoms with Crippen LogP contribution in [0.2, 0.25) is 10.2 Å². The number of carbonyl (C=O) groups excluding carboxylic acids is 1. The van der Waals surface area contributed by atoms with E-state index in [2.05, 4.69) is 4.98 Å². The molecule has 0 amide bonds. The van der Waals surface area contributed by atoms with Crippen molar-refractivity contribution in [3.05, 3.63) is 21.4 Å². The van der Waals surface area contributed by atoms with E-state index < -0.39 is 5.97 Å². The highest BCUT2D eigenvalue weighted by atomic mass is 35.5. The summed E-state index contributed by atoms with van der Waals surface area (Å²) >= 11 is 12.2. The van der Waals surface area contributed by atoms with Gasteiger partial charge in [-0.3, -0.25) is 0 Å². The number of carbonyl (C=O) groups is 1. The van der Waals surface area contributed by atoms with Gasteiger partial charge in [0, 0.05) is 14.1 Å². The molecule has 0 fully saturated rings. The van der Waals surface area contributed by atoms with Crippen molar-refractivity contribution in [1.82, 2.24) is 4.98 Å². The predicted molar refractivity (Wildman–Crippen MR) is 69.3 cm³/mol. The molecule has 0 saturated heterocycles. The second-order valence-electron chi connectivity index (χ2n) is 3.64. The van der Waals surface area contributed by atoms with Crippen LogP contribution in [0.1, 0.15) is 23.0 Å². The first-order valence-electron chi connectivity index (χ1n) is 5.10. The minimum atomic E-state index is -0.484. The summed E-state index contributed by atoms with van der Waals surface area (Å²) in [5.74, 6) is -0.484. The maximum atomic E-state index is 11.8. The van der Waals surface area contributed by atoms with E-state index in [9.17, 15) is 4.79 Å². The molecule has 0 aliphatic heterocycles. The number of esters is 1. The van der Waals surface area contributed by atoms with Crippen LogP contribution < -0.4 is 4.90 Å². The fourth-order valence-electron chi connectivity index (χ4n) is 1.45. The van der Waals surface area contributed by atoms with E-state index in [1.54, 1.807) is 32.8 Å². The van der Waals surface area contributed by atoms with Crippen molar-refractivity contribution < 1.29 is 9.53 Å². The molecule has 6 heteroatoms. The highest BCUT2D eigenvalue weighted by Gasteiger charge is 2.22. The molecule has 0 aliphatic rings. The maximum absolute atomic E-state index is 11.8. The van der Waals surface area contributed by atoms with Gasteiger partial charge in [-0.1, -0.05) is 23.2 Å². The topological polar surface area (TPSA) is 42.4 Å². The second kappa shape index (κ2) is 5.56. The number of rotatable bonds is 3. The summed E-state index contributed by atoms with van der Waals surface area (Å²) in [4.78, 5) is 17.6. The van der Waals surface area contributed by atoms with Gasteiger partial charge in [0.1, 0.15) is 5.56 Å². The Morgan fingerprint density at radius 3 is 2.47 bits per heavy atom. The number of aromatic nitrogens is 1. The highest BCUT2D eigenvalue weighted by Crippen LogP contribution is 2.35. The Labute approximate surface area is 110 Å². The first-order chi connectivity index (χ1) is 7.90. The van der Waals surface area contributed by atoms with Crippen LogP contribution in [0, 0.1) is 6.92 Å². The van der Waals surface area contributed by atoms with Crippen molar-refractivity contribution in [2.45, 2.75) is 13.8 Å². The maximum Gasteiger partial charge on any atom is 0.341 e. The number of hydrogen-bond donors (Lipinski definition) is 0. The molecule has 0 atom stereocenters. The average molecular weight is 277 g/mol. The van der Waals surface area contributed by atoms with E-state index in [1.807, 2.05) is 0 Å². The van der Waals surface area contributed by atoms with Crippen molar-refractivity contribution in [2.24, 2.45) is 0 Å². The summed E-state index contributed by atoms with van der Waals surface area (Å²) in [6.07, 6.45) is 0. The summed E-state index contributed by atoms with van der Waals surface area (Å²) in [7, 11) is 3.55. The second-order valence-corrected chi connectivity index (χ2v) is 4.38. The summed E-state index contributed by atoms with van der Waals surface area (Å²) in [5, 5.41) is 0.538. The normalized spacial score (nSPS) is 10.2. The average Bonchev–Trinajstić information content (AvgIpc) is 2.15. The molecular weight excluding hydrogens is 263 g/mol. The standard InChI is InChI=1S/C11H14Cl2N2O2/c1-5-17-11(16)7-6(2)14-10(13)9(8(7)12)15(3)4/h5H2,1-4H3. The van der Waals surface area contributed by atoms with Crippen LogP contribution in [-0.2, 0) is 4.74 Å². The van der Waals surface area contributed by atoms with E-state index >= 15 is 0 Å². The van der Waals surface area contributed by atoms with Crippen molar-refractivity contribution >= 4 is 34.9 Å². The molecule has 1 aromatic rings. The number of ether oxygens (including phenoxy) is 1. The molecule has 0 N–H and O–H groups in total. The van der Waals surface area contributed by atoms with Crippen molar-refractivity contribution in [2.75, 3.05) is 25.6 Å². The number of nitrogens with zero attached hydrogens (tertiary/aromatic N) is 2. The van der Waals surface area contributed by atoms with Crippen molar-refractivity contribution in [1.29, 1.82) is 0 Å². The third kappa shape index (κ3) is 2.82. The summed E-state index contributed by atoms with van der Waals surface area (Å²) in [5.41, 5.74) is 1.24. The molecule has 1 rings (SSSR count). The largest absolute Gasteiger partial charge is 0.462 e. The van der Waals surface area contributed by atoms with Gasteiger partial charge in [-0.05, 0) is 13.8 Å².